The first-order chi connectivity index (χ1) is 10.1. The van der Waals surface area contributed by atoms with E-state index in [4.69, 9.17) is 0 Å². The van der Waals surface area contributed by atoms with Crippen LogP contribution < -0.4 is 10.4 Å². The van der Waals surface area contributed by atoms with Crippen LogP contribution in [0.15, 0.2) is 53.9 Å². The number of non-ortho nitro benzene ring substituents is 1. The van der Waals surface area contributed by atoms with Gasteiger partial charge in [-0.25, -0.2) is 10.4 Å². The van der Waals surface area contributed by atoms with E-state index in [0.717, 1.165) is 5.56 Å². The Bertz CT molecular complexity index is 671. The zero-order chi connectivity index (χ0) is 15.1. The SMILES string of the molecule is O=C(Cc1ccc[nH+]c1)NN=Cc1cccc([N+](=O)[O-])c1. The lowest BCUT2D eigenvalue weighted by Crippen LogP contribution is -2.20. The maximum Gasteiger partial charge on any atom is 0.270 e. The summed E-state index contributed by atoms with van der Waals surface area (Å²) in [7, 11) is 0. The average Bonchev–Trinajstić information content (AvgIpc) is 2.48. The van der Waals surface area contributed by atoms with E-state index in [1.807, 2.05) is 6.07 Å². The Labute approximate surface area is 120 Å². The topological polar surface area (TPSA) is 98.7 Å². The summed E-state index contributed by atoms with van der Waals surface area (Å²) in [6.07, 6.45) is 5.04. The highest BCUT2D eigenvalue weighted by atomic mass is 16.6. The Morgan fingerprint density at radius 1 is 1.38 bits per heavy atom. The number of nitrogens with zero attached hydrogens (tertiary/aromatic N) is 2. The van der Waals surface area contributed by atoms with E-state index in [1.54, 1.807) is 30.6 Å². The molecule has 7 heteroatoms. The molecule has 1 aromatic heterocycles. The summed E-state index contributed by atoms with van der Waals surface area (Å²) in [5, 5.41) is 14.4. The average molecular weight is 285 g/mol. The first kappa shape index (κ1) is 14.3. The third-order valence-electron chi connectivity index (χ3n) is 2.62. The lowest BCUT2D eigenvalue weighted by Gasteiger charge is -1.98. The van der Waals surface area contributed by atoms with Gasteiger partial charge in [-0.15, -0.1) is 0 Å². The lowest BCUT2D eigenvalue weighted by molar-refractivity contribution is -0.384. The molecular weight excluding hydrogens is 272 g/mol. The molecule has 7 nitrogen and oxygen atoms in total. The summed E-state index contributed by atoms with van der Waals surface area (Å²) in [4.78, 5) is 24.7. The molecule has 0 atom stereocenters. The predicted octanol–water partition coefficient (Wildman–Crippen LogP) is 1.10. The van der Waals surface area contributed by atoms with Crippen LogP contribution in [-0.4, -0.2) is 17.0 Å². The quantitative estimate of drug-likeness (QED) is 0.506. The summed E-state index contributed by atoms with van der Waals surface area (Å²) in [6.45, 7) is 0. The standard InChI is InChI=1S/C14H12N4O3/c19-14(8-12-4-2-6-15-9-12)17-16-10-11-3-1-5-13(7-11)18(20)21/h1-7,9-10H,8H2,(H,17,19)/p+1. The molecule has 0 aliphatic carbocycles. The summed E-state index contributed by atoms with van der Waals surface area (Å²) in [5.41, 5.74) is 3.73. The Morgan fingerprint density at radius 3 is 2.95 bits per heavy atom. The summed E-state index contributed by atoms with van der Waals surface area (Å²) >= 11 is 0. The Balaban J connectivity index is 1.91. The largest absolute Gasteiger partial charge is 0.273 e. The summed E-state index contributed by atoms with van der Waals surface area (Å²) < 4.78 is 0. The van der Waals surface area contributed by atoms with Crippen LogP contribution in [0.4, 0.5) is 5.69 Å². The van der Waals surface area contributed by atoms with Crippen LogP contribution in [-0.2, 0) is 11.2 Å². The second kappa shape index (κ2) is 6.90. The van der Waals surface area contributed by atoms with Crippen molar-refractivity contribution in [1.82, 2.24) is 5.43 Å². The van der Waals surface area contributed by atoms with Gasteiger partial charge in [0.2, 0.25) is 5.91 Å². The van der Waals surface area contributed by atoms with E-state index in [9.17, 15) is 14.9 Å². The van der Waals surface area contributed by atoms with Crippen molar-refractivity contribution in [1.29, 1.82) is 0 Å². The molecule has 106 valence electrons. The van der Waals surface area contributed by atoms with Crippen molar-refractivity contribution in [2.24, 2.45) is 5.10 Å². The number of hydrogen-bond acceptors (Lipinski definition) is 4. The minimum Gasteiger partial charge on any atom is -0.273 e. The molecule has 0 spiro atoms. The molecule has 21 heavy (non-hydrogen) atoms. The van der Waals surface area contributed by atoms with Crippen LogP contribution in [0.25, 0.3) is 0 Å². The number of rotatable bonds is 5. The monoisotopic (exact) mass is 285 g/mol. The Hall–Kier alpha value is -3.09. The molecule has 0 saturated heterocycles. The van der Waals surface area contributed by atoms with Gasteiger partial charge in [0.15, 0.2) is 12.4 Å². The van der Waals surface area contributed by atoms with E-state index in [1.165, 1.54) is 18.3 Å². The molecule has 2 aromatic rings. The number of nitro groups is 1. The van der Waals surface area contributed by atoms with Gasteiger partial charge >= 0.3 is 0 Å². The van der Waals surface area contributed by atoms with Gasteiger partial charge < -0.3 is 0 Å². The van der Waals surface area contributed by atoms with Gasteiger partial charge in [0.25, 0.3) is 5.69 Å². The van der Waals surface area contributed by atoms with Crippen molar-refractivity contribution in [3.8, 4) is 0 Å². The molecule has 0 unspecified atom stereocenters. The molecule has 0 radical (unpaired) electrons. The van der Waals surface area contributed by atoms with E-state index in [-0.39, 0.29) is 18.0 Å². The van der Waals surface area contributed by atoms with Crippen molar-refractivity contribution in [2.45, 2.75) is 6.42 Å². The number of H-pyrrole nitrogens is 1. The molecule has 1 amide bonds. The van der Waals surface area contributed by atoms with Crippen LogP contribution in [0.2, 0.25) is 0 Å². The Morgan fingerprint density at radius 2 is 2.24 bits per heavy atom. The number of pyridine rings is 1. The van der Waals surface area contributed by atoms with Crippen LogP contribution in [0, 0.1) is 10.1 Å². The van der Waals surface area contributed by atoms with Crippen molar-refractivity contribution < 1.29 is 14.7 Å². The number of aromatic nitrogens is 1. The van der Waals surface area contributed by atoms with Gasteiger partial charge in [-0.3, -0.25) is 14.9 Å². The number of carbonyl (C=O) groups is 1. The van der Waals surface area contributed by atoms with Crippen LogP contribution in [0.1, 0.15) is 11.1 Å². The molecule has 1 heterocycles. The van der Waals surface area contributed by atoms with E-state index >= 15 is 0 Å². The maximum absolute atomic E-state index is 11.6. The van der Waals surface area contributed by atoms with Crippen molar-refractivity contribution >= 4 is 17.8 Å². The first-order valence-corrected chi connectivity index (χ1v) is 6.16. The first-order valence-electron chi connectivity index (χ1n) is 6.16. The highest BCUT2D eigenvalue weighted by Gasteiger charge is 2.05. The maximum atomic E-state index is 11.6. The van der Waals surface area contributed by atoms with Gasteiger partial charge in [0.05, 0.1) is 17.6 Å². The highest BCUT2D eigenvalue weighted by Crippen LogP contribution is 2.11. The third-order valence-corrected chi connectivity index (χ3v) is 2.62. The van der Waals surface area contributed by atoms with Crippen LogP contribution in [0.3, 0.4) is 0 Å². The molecule has 2 rings (SSSR count). The number of hydrogen-bond donors (Lipinski definition) is 1. The van der Waals surface area contributed by atoms with Crippen LogP contribution >= 0.6 is 0 Å². The number of nitro benzene ring substituents is 1. The zero-order valence-corrected chi connectivity index (χ0v) is 11.0. The van der Waals surface area contributed by atoms with Gasteiger partial charge in [-0.05, 0) is 6.07 Å². The number of hydrazone groups is 1. The number of aromatic amines is 1. The molecule has 0 saturated carbocycles. The molecule has 1 aromatic carbocycles. The van der Waals surface area contributed by atoms with Gasteiger partial charge in [-0.2, -0.15) is 5.10 Å². The Kier molecular flexibility index (Phi) is 4.70. The van der Waals surface area contributed by atoms with Gasteiger partial charge in [0, 0.05) is 29.3 Å². The molecule has 0 aliphatic rings. The van der Waals surface area contributed by atoms with Crippen molar-refractivity contribution in [3.05, 3.63) is 70.0 Å². The van der Waals surface area contributed by atoms with Gasteiger partial charge in [-0.1, -0.05) is 12.1 Å². The minimum atomic E-state index is -0.484. The summed E-state index contributed by atoms with van der Waals surface area (Å²) in [5.74, 6) is -0.267. The fourth-order valence-electron chi connectivity index (χ4n) is 1.66. The van der Waals surface area contributed by atoms with E-state index in [2.05, 4.69) is 15.5 Å². The van der Waals surface area contributed by atoms with Gasteiger partial charge in [0.1, 0.15) is 0 Å². The van der Waals surface area contributed by atoms with E-state index in [0.29, 0.717) is 5.56 Å². The fraction of sp³-hybridized carbons (Fsp3) is 0.0714. The molecule has 2 N–H and O–H groups in total. The second-order valence-electron chi connectivity index (χ2n) is 4.23. The lowest BCUT2D eigenvalue weighted by atomic mass is 10.2. The zero-order valence-electron chi connectivity index (χ0n) is 11.0. The smallest absolute Gasteiger partial charge is 0.270 e. The molecule has 0 aliphatic heterocycles. The molecule has 0 bridgehead atoms. The highest BCUT2D eigenvalue weighted by molar-refractivity contribution is 5.83. The number of amides is 1. The number of carbonyl (C=O) groups excluding carboxylic acids is 1. The summed E-state index contributed by atoms with van der Waals surface area (Å²) in [6, 6.07) is 9.61. The fourth-order valence-corrected chi connectivity index (χ4v) is 1.66. The van der Waals surface area contributed by atoms with Crippen LogP contribution in [0.5, 0.6) is 0 Å². The number of benzene rings is 1. The molecule has 0 fully saturated rings. The van der Waals surface area contributed by atoms with E-state index < -0.39 is 4.92 Å². The van der Waals surface area contributed by atoms with Crippen molar-refractivity contribution in [3.63, 3.8) is 0 Å². The third kappa shape index (κ3) is 4.50. The predicted molar refractivity (Wildman–Crippen MR) is 75.5 cm³/mol. The number of nitrogens with one attached hydrogen (secondary N) is 2. The van der Waals surface area contributed by atoms with Crippen molar-refractivity contribution in [2.75, 3.05) is 0 Å². The molecular formula is C14H13N4O3+. The minimum absolute atomic E-state index is 0.0231. The second-order valence-corrected chi connectivity index (χ2v) is 4.23. The normalized spacial score (nSPS) is 10.5.